The molecule has 0 unspecified atom stereocenters. The molecule has 0 bridgehead atoms. The smallest absolute Gasteiger partial charge is 0.251 e. The van der Waals surface area contributed by atoms with Crippen molar-refractivity contribution in [1.82, 2.24) is 10.3 Å². The molecule has 1 aromatic heterocycles. The standard InChI is InChI=1S/C13H15N3O3S2/c1-8-6-15-12(20-8)7-16-13(17)9-3-10(14)5-11(4-9)21(2,18)19/h3-6H,7,14H2,1-2H3,(H,16,17). The van der Waals surface area contributed by atoms with Gasteiger partial charge in [-0.1, -0.05) is 0 Å². The van der Waals surface area contributed by atoms with E-state index in [4.69, 9.17) is 5.73 Å². The van der Waals surface area contributed by atoms with Crippen LogP contribution in [-0.2, 0) is 16.4 Å². The fourth-order valence-electron chi connectivity index (χ4n) is 1.71. The number of carbonyl (C=O) groups is 1. The molecule has 21 heavy (non-hydrogen) atoms. The highest BCUT2D eigenvalue weighted by Crippen LogP contribution is 2.17. The van der Waals surface area contributed by atoms with Gasteiger partial charge in [-0.2, -0.15) is 0 Å². The minimum absolute atomic E-state index is 0.0257. The Morgan fingerprint density at radius 2 is 2.10 bits per heavy atom. The summed E-state index contributed by atoms with van der Waals surface area (Å²) in [6.45, 7) is 2.22. The largest absolute Gasteiger partial charge is 0.399 e. The molecule has 0 aliphatic rings. The second kappa shape index (κ2) is 5.82. The highest BCUT2D eigenvalue weighted by Gasteiger charge is 2.13. The molecular formula is C13H15N3O3S2. The summed E-state index contributed by atoms with van der Waals surface area (Å²) in [6, 6.07) is 4.08. The van der Waals surface area contributed by atoms with Crippen LogP contribution in [0.4, 0.5) is 5.69 Å². The van der Waals surface area contributed by atoms with Crippen molar-refractivity contribution in [2.75, 3.05) is 12.0 Å². The number of nitrogens with zero attached hydrogens (tertiary/aromatic N) is 1. The number of nitrogen functional groups attached to an aromatic ring is 1. The van der Waals surface area contributed by atoms with Crippen LogP contribution in [0.3, 0.4) is 0 Å². The number of nitrogens with one attached hydrogen (secondary N) is 1. The van der Waals surface area contributed by atoms with Crippen molar-refractivity contribution in [3.05, 3.63) is 39.8 Å². The quantitative estimate of drug-likeness (QED) is 0.827. The third-order valence-electron chi connectivity index (χ3n) is 2.69. The fraction of sp³-hybridized carbons (Fsp3) is 0.231. The van der Waals surface area contributed by atoms with Crippen LogP contribution < -0.4 is 11.1 Å². The average molecular weight is 325 g/mol. The van der Waals surface area contributed by atoms with Gasteiger partial charge in [-0.05, 0) is 25.1 Å². The third-order valence-corrected chi connectivity index (χ3v) is 4.69. The number of thiazole rings is 1. The molecule has 0 saturated heterocycles. The minimum Gasteiger partial charge on any atom is -0.399 e. The monoisotopic (exact) mass is 325 g/mol. The number of aromatic nitrogens is 1. The first-order valence-corrected chi connectivity index (χ1v) is 8.76. The van der Waals surface area contributed by atoms with Crippen LogP contribution in [0.5, 0.6) is 0 Å². The topological polar surface area (TPSA) is 102 Å². The zero-order chi connectivity index (χ0) is 15.6. The van der Waals surface area contributed by atoms with Crippen molar-refractivity contribution < 1.29 is 13.2 Å². The number of nitrogens with two attached hydrogens (primary N) is 1. The van der Waals surface area contributed by atoms with Crippen molar-refractivity contribution in [1.29, 1.82) is 0 Å². The highest BCUT2D eigenvalue weighted by atomic mass is 32.2. The van der Waals surface area contributed by atoms with Crippen LogP contribution in [0.25, 0.3) is 0 Å². The van der Waals surface area contributed by atoms with Crippen LogP contribution >= 0.6 is 11.3 Å². The maximum Gasteiger partial charge on any atom is 0.251 e. The molecule has 0 atom stereocenters. The Morgan fingerprint density at radius 3 is 2.67 bits per heavy atom. The zero-order valence-corrected chi connectivity index (χ0v) is 13.2. The second-order valence-electron chi connectivity index (χ2n) is 4.61. The Hall–Kier alpha value is -1.93. The van der Waals surface area contributed by atoms with Crippen LogP contribution in [-0.4, -0.2) is 25.6 Å². The Bertz CT molecular complexity index is 782. The van der Waals surface area contributed by atoms with Crippen LogP contribution in [0, 0.1) is 6.92 Å². The van der Waals surface area contributed by atoms with E-state index in [9.17, 15) is 13.2 Å². The van der Waals surface area contributed by atoms with E-state index in [-0.39, 0.29) is 22.1 Å². The number of hydrogen-bond acceptors (Lipinski definition) is 6. The van der Waals surface area contributed by atoms with Crippen molar-refractivity contribution in [2.24, 2.45) is 0 Å². The SMILES string of the molecule is Cc1cnc(CNC(=O)c2cc(N)cc(S(C)(=O)=O)c2)s1. The molecule has 0 saturated carbocycles. The van der Waals surface area contributed by atoms with Crippen LogP contribution in [0.2, 0.25) is 0 Å². The molecule has 0 aliphatic carbocycles. The zero-order valence-electron chi connectivity index (χ0n) is 11.6. The lowest BCUT2D eigenvalue weighted by atomic mass is 10.2. The summed E-state index contributed by atoms with van der Waals surface area (Å²) in [6.07, 6.45) is 2.80. The Morgan fingerprint density at radius 1 is 1.38 bits per heavy atom. The molecule has 112 valence electrons. The predicted molar refractivity (Wildman–Crippen MR) is 82.0 cm³/mol. The first-order chi connectivity index (χ1) is 9.75. The van der Waals surface area contributed by atoms with Crippen molar-refractivity contribution in [2.45, 2.75) is 18.4 Å². The van der Waals surface area contributed by atoms with Gasteiger partial charge in [0.25, 0.3) is 5.91 Å². The maximum absolute atomic E-state index is 12.1. The first-order valence-electron chi connectivity index (χ1n) is 6.06. The molecule has 1 heterocycles. The van der Waals surface area contributed by atoms with E-state index >= 15 is 0 Å². The van der Waals surface area contributed by atoms with Gasteiger partial charge >= 0.3 is 0 Å². The van der Waals surface area contributed by atoms with E-state index in [2.05, 4.69) is 10.3 Å². The van der Waals surface area contributed by atoms with E-state index in [0.717, 1.165) is 16.1 Å². The predicted octanol–water partition coefficient (Wildman–Crippen LogP) is 1.37. The summed E-state index contributed by atoms with van der Waals surface area (Å²) in [5.74, 6) is -0.389. The maximum atomic E-state index is 12.1. The van der Waals surface area contributed by atoms with E-state index in [1.807, 2.05) is 6.92 Å². The summed E-state index contributed by atoms with van der Waals surface area (Å²) in [5, 5.41) is 3.48. The van der Waals surface area contributed by atoms with Crippen molar-refractivity contribution in [3.8, 4) is 0 Å². The van der Waals surface area contributed by atoms with Gasteiger partial charge in [0, 0.05) is 28.6 Å². The van der Waals surface area contributed by atoms with E-state index in [1.165, 1.54) is 29.5 Å². The van der Waals surface area contributed by atoms with Gasteiger partial charge in [0.1, 0.15) is 5.01 Å². The lowest BCUT2D eigenvalue weighted by molar-refractivity contribution is 0.0950. The highest BCUT2D eigenvalue weighted by molar-refractivity contribution is 7.90. The number of rotatable bonds is 4. The molecule has 6 nitrogen and oxygen atoms in total. The number of benzene rings is 1. The molecule has 0 spiro atoms. The lowest BCUT2D eigenvalue weighted by Gasteiger charge is -2.07. The van der Waals surface area contributed by atoms with Gasteiger partial charge in [0.05, 0.1) is 11.4 Å². The van der Waals surface area contributed by atoms with Gasteiger partial charge in [0.2, 0.25) is 0 Å². The Balaban J connectivity index is 2.17. The number of sulfone groups is 1. The number of hydrogen-bond donors (Lipinski definition) is 2. The Labute approximate surface area is 126 Å². The van der Waals surface area contributed by atoms with Gasteiger partial charge < -0.3 is 11.1 Å². The number of aryl methyl sites for hydroxylation is 1. The molecule has 1 aromatic carbocycles. The molecule has 1 amide bonds. The molecule has 0 fully saturated rings. The van der Waals surface area contributed by atoms with Gasteiger partial charge in [-0.15, -0.1) is 11.3 Å². The summed E-state index contributed by atoms with van der Waals surface area (Å²) in [5.41, 5.74) is 6.09. The lowest BCUT2D eigenvalue weighted by Crippen LogP contribution is -2.23. The third kappa shape index (κ3) is 4.02. The van der Waals surface area contributed by atoms with Gasteiger partial charge in [-0.3, -0.25) is 4.79 Å². The molecule has 8 heteroatoms. The number of anilines is 1. The Kier molecular flexibility index (Phi) is 4.29. The van der Waals surface area contributed by atoms with Gasteiger partial charge in [-0.25, -0.2) is 13.4 Å². The fourth-order valence-corrected chi connectivity index (χ4v) is 3.13. The molecule has 3 N–H and O–H groups in total. The van der Waals surface area contributed by atoms with E-state index < -0.39 is 9.84 Å². The minimum atomic E-state index is -3.42. The van der Waals surface area contributed by atoms with Crippen molar-refractivity contribution in [3.63, 3.8) is 0 Å². The van der Waals surface area contributed by atoms with E-state index in [1.54, 1.807) is 6.20 Å². The summed E-state index contributed by atoms with van der Waals surface area (Å²) in [7, 11) is -3.42. The van der Waals surface area contributed by atoms with Gasteiger partial charge in [0.15, 0.2) is 9.84 Å². The normalized spacial score (nSPS) is 11.3. The van der Waals surface area contributed by atoms with Crippen LogP contribution in [0.1, 0.15) is 20.2 Å². The first kappa shape index (κ1) is 15.5. The van der Waals surface area contributed by atoms with Crippen molar-refractivity contribution >= 4 is 32.8 Å². The molecular weight excluding hydrogens is 310 g/mol. The molecule has 0 radical (unpaired) electrons. The number of carbonyl (C=O) groups excluding carboxylic acids is 1. The second-order valence-corrected chi connectivity index (χ2v) is 7.95. The molecule has 0 aliphatic heterocycles. The molecule has 2 rings (SSSR count). The van der Waals surface area contributed by atoms with E-state index in [0.29, 0.717) is 6.54 Å². The summed E-state index contributed by atoms with van der Waals surface area (Å²) in [4.78, 5) is 17.3. The summed E-state index contributed by atoms with van der Waals surface area (Å²) >= 11 is 1.49. The van der Waals surface area contributed by atoms with Crippen LogP contribution in [0.15, 0.2) is 29.3 Å². The average Bonchev–Trinajstić information content (AvgIpc) is 2.80. The summed E-state index contributed by atoms with van der Waals surface area (Å²) < 4.78 is 23.1. The molecule has 2 aromatic rings. The number of amides is 1.